The largest absolute Gasteiger partial charge is 0.380 e. The monoisotopic (exact) mass is 580 g/mol. The van der Waals surface area contributed by atoms with Gasteiger partial charge in [-0.1, -0.05) is 59.9 Å². The minimum atomic E-state index is -1.08. The molecule has 42 heavy (non-hydrogen) atoms. The molecule has 2 aliphatic carbocycles. The number of nitrogens with zero attached hydrogens (tertiary/aromatic N) is 2. The van der Waals surface area contributed by atoms with Gasteiger partial charge in [0.25, 0.3) is 5.91 Å². The van der Waals surface area contributed by atoms with E-state index in [1.807, 2.05) is 20.8 Å². The number of pyridine rings is 1. The summed E-state index contributed by atoms with van der Waals surface area (Å²) in [5.74, 6) is -3.31. The van der Waals surface area contributed by atoms with Crippen LogP contribution in [0.2, 0.25) is 0 Å². The lowest BCUT2D eigenvalue weighted by Crippen LogP contribution is -2.55. The van der Waals surface area contributed by atoms with Gasteiger partial charge in [0.15, 0.2) is 5.78 Å². The number of Topliss-reactive ketones (excluding diaryl/α,β-unsaturated/α-hetero) is 2. The van der Waals surface area contributed by atoms with E-state index in [0.29, 0.717) is 38.3 Å². The van der Waals surface area contributed by atoms with Crippen LogP contribution in [0.25, 0.3) is 0 Å². The van der Waals surface area contributed by atoms with Gasteiger partial charge in [-0.3, -0.25) is 29.0 Å². The number of nitrogens with one attached hydrogen (secondary N) is 1. The lowest BCUT2D eigenvalue weighted by atomic mass is 9.76. The standard InChI is InChI=1S/C32H44N4O6/c1-29(2,3)20(14-24(37)21-11-6-7-12-34-21)28(41)36-16-31(30(4,5)32(31)17-42-18-32)15-23(36)27(40)35-22(25(38)26(33)39)13-19-9-8-10-19/h6-7,11-12,19-20,22-23H,8-10,13-18H2,1-5H3,(H2,33,39)(H,35,40)/t20-,22?,23+,31-/m1/s1. The summed E-state index contributed by atoms with van der Waals surface area (Å²) in [6.45, 7) is 11.6. The maximum absolute atomic E-state index is 14.5. The van der Waals surface area contributed by atoms with Crippen molar-refractivity contribution >= 4 is 29.3 Å². The molecule has 4 atom stereocenters. The molecule has 10 nitrogen and oxygen atoms in total. The van der Waals surface area contributed by atoms with Gasteiger partial charge in [0, 0.05) is 30.0 Å². The van der Waals surface area contributed by atoms with E-state index >= 15 is 0 Å². The zero-order valence-electron chi connectivity index (χ0n) is 25.4. The van der Waals surface area contributed by atoms with Crippen molar-refractivity contribution in [2.45, 2.75) is 85.2 Å². The number of likely N-dealkylation sites (tertiary alicyclic amines) is 1. The topological polar surface area (TPSA) is 149 Å². The third-order valence-corrected chi connectivity index (χ3v) is 11.2. The van der Waals surface area contributed by atoms with Gasteiger partial charge in [0.2, 0.25) is 17.6 Å². The van der Waals surface area contributed by atoms with Crippen LogP contribution in [0.1, 0.15) is 83.6 Å². The molecule has 5 rings (SSSR count). The molecule has 3 amide bonds. The minimum Gasteiger partial charge on any atom is -0.380 e. The van der Waals surface area contributed by atoms with E-state index in [1.54, 1.807) is 29.3 Å². The van der Waals surface area contributed by atoms with E-state index in [-0.39, 0.29) is 40.3 Å². The molecule has 2 saturated carbocycles. The van der Waals surface area contributed by atoms with Crippen LogP contribution in [0.4, 0.5) is 0 Å². The Hall–Kier alpha value is -3.14. The number of carbonyl (C=O) groups is 5. The number of amides is 3. The van der Waals surface area contributed by atoms with Gasteiger partial charge in [-0.25, -0.2) is 0 Å². The Morgan fingerprint density at radius 1 is 1.12 bits per heavy atom. The normalized spacial score (nSPS) is 27.1. The van der Waals surface area contributed by atoms with Crippen LogP contribution >= 0.6 is 0 Å². The van der Waals surface area contributed by atoms with Crippen molar-refractivity contribution in [3.05, 3.63) is 30.1 Å². The number of rotatable bonds is 10. The van der Waals surface area contributed by atoms with Gasteiger partial charge in [0.1, 0.15) is 11.7 Å². The van der Waals surface area contributed by atoms with Crippen molar-refractivity contribution in [2.24, 2.45) is 39.2 Å². The molecule has 2 aliphatic heterocycles. The molecule has 10 heteroatoms. The summed E-state index contributed by atoms with van der Waals surface area (Å²) in [7, 11) is 0. The van der Waals surface area contributed by atoms with Crippen molar-refractivity contribution in [2.75, 3.05) is 19.8 Å². The number of aromatic nitrogens is 1. The molecule has 4 aliphatic rings. The fourth-order valence-electron chi connectivity index (χ4n) is 7.89. The van der Waals surface area contributed by atoms with Crippen LogP contribution in [0.3, 0.4) is 0 Å². The zero-order chi connectivity index (χ0) is 30.7. The van der Waals surface area contributed by atoms with E-state index in [9.17, 15) is 24.0 Å². The predicted molar refractivity (Wildman–Crippen MR) is 154 cm³/mol. The Kier molecular flexibility index (Phi) is 7.61. The molecular weight excluding hydrogens is 536 g/mol. The summed E-state index contributed by atoms with van der Waals surface area (Å²) in [6, 6.07) is 3.23. The molecule has 1 aromatic heterocycles. The van der Waals surface area contributed by atoms with Gasteiger partial charge >= 0.3 is 0 Å². The molecule has 1 unspecified atom stereocenters. The number of fused-ring (bicyclic) bond motifs is 1. The molecule has 4 fully saturated rings. The molecule has 1 aromatic rings. The first kappa shape index (κ1) is 30.3. The molecule has 2 saturated heterocycles. The Morgan fingerprint density at radius 3 is 2.29 bits per heavy atom. The molecule has 0 aromatic carbocycles. The van der Waals surface area contributed by atoms with Crippen LogP contribution in [0, 0.1) is 33.5 Å². The molecule has 2 spiro atoms. The summed E-state index contributed by atoms with van der Waals surface area (Å²) in [5, 5.41) is 2.83. The van der Waals surface area contributed by atoms with Gasteiger partial charge in [-0.15, -0.1) is 0 Å². The average molecular weight is 581 g/mol. The smallest absolute Gasteiger partial charge is 0.287 e. The third kappa shape index (κ3) is 4.75. The molecule has 3 N–H and O–H groups in total. The highest BCUT2D eigenvalue weighted by Crippen LogP contribution is 2.84. The second kappa shape index (κ2) is 10.5. The highest BCUT2D eigenvalue weighted by molar-refractivity contribution is 6.37. The van der Waals surface area contributed by atoms with E-state index in [1.165, 1.54) is 0 Å². The number of ketones is 2. The van der Waals surface area contributed by atoms with Crippen LogP contribution in [-0.2, 0) is 23.9 Å². The number of carbonyl (C=O) groups excluding carboxylic acids is 5. The van der Waals surface area contributed by atoms with Crippen LogP contribution in [-0.4, -0.2) is 71.0 Å². The van der Waals surface area contributed by atoms with Crippen LogP contribution in [0.15, 0.2) is 24.4 Å². The molecule has 0 radical (unpaired) electrons. The van der Waals surface area contributed by atoms with Crippen LogP contribution < -0.4 is 11.1 Å². The summed E-state index contributed by atoms with van der Waals surface area (Å²) in [4.78, 5) is 72.2. The maximum Gasteiger partial charge on any atom is 0.287 e. The van der Waals surface area contributed by atoms with Crippen molar-refractivity contribution in [1.82, 2.24) is 15.2 Å². The van der Waals surface area contributed by atoms with Gasteiger partial charge in [-0.05, 0) is 41.7 Å². The van der Waals surface area contributed by atoms with E-state index < -0.39 is 41.0 Å². The fourth-order valence-corrected chi connectivity index (χ4v) is 7.89. The van der Waals surface area contributed by atoms with E-state index in [4.69, 9.17) is 10.5 Å². The highest BCUT2D eigenvalue weighted by atomic mass is 16.5. The van der Waals surface area contributed by atoms with Gasteiger partial charge in [-0.2, -0.15) is 0 Å². The Morgan fingerprint density at radius 2 is 1.81 bits per heavy atom. The first-order valence-corrected chi connectivity index (χ1v) is 15.1. The molecular formula is C32H44N4O6. The van der Waals surface area contributed by atoms with Crippen molar-refractivity contribution in [1.29, 1.82) is 0 Å². The lowest BCUT2D eigenvalue weighted by molar-refractivity contribution is -0.145. The SMILES string of the molecule is CC(C)(C)[C@H](CC(=O)c1ccccn1)C(=O)N1C[C@]2(C[C@H]1C(=O)NC(CC1CCC1)C(=O)C(N)=O)C(C)(C)C21COC1. The van der Waals surface area contributed by atoms with Crippen molar-refractivity contribution < 1.29 is 28.7 Å². The van der Waals surface area contributed by atoms with Crippen molar-refractivity contribution in [3.63, 3.8) is 0 Å². The maximum atomic E-state index is 14.5. The minimum absolute atomic E-state index is 0.0424. The number of nitrogens with two attached hydrogens (primary N) is 1. The summed E-state index contributed by atoms with van der Waals surface area (Å²) >= 11 is 0. The summed E-state index contributed by atoms with van der Waals surface area (Å²) in [5.41, 5.74) is 4.43. The second-order valence-electron chi connectivity index (χ2n) is 14.6. The number of hydrogen-bond donors (Lipinski definition) is 2. The summed E-state index contributed by atoms with van der Waals surface area (Å²) in [6.07, 6.45) is 5.20. The number of ether oxygens (including phenoxy) is 1. The third-order valence-electron chi connectivity index (χ3n) is 11.2. The first-order valence-electron chi connectivity index (χ1n) is 15.1. The van der Waals surface area contributed by atoms with Crippen LogP contribution in [0.5, 0.6) is 0 Å². The summed E-state index contributed by atoms with van der Waals surface area (Å²) < 4.78 is 5.65. The van der Waals surface area contributed by atoms with Gasteiger partial charge < -0.3 is 20.7 Å². The van der Waals surface area contributed by atoms with Crippen molar-refractivity contribution in [3.8, 4) is 0 Å². The Labute approximate surface area is 247 Å². The molecule has 0 bridgehead atoms. The highest BCUT2D eigenvalue weighted by Gasteiger charge is 2.86. The second-order valence-corrected chi connectivity index (χ2v) is 14.6. The Bertz CT molecular complexity index is 1280. The Balaban J connectivity index is 1.44. The predicted octanol–water partition coefficient (Wildman–Crippen LogP) is 2.69. The quantitative estimate of drug-likeness (QED) is 0.319. The van der Waals surface area contributed by atoms with E-state index in [0.717, 1.165) is 19.3 Å². The number of primary amides is 1. The molecule has 228 valence electrons. The molecule has 3 heterocycles. The number of hydrogen-bond acceptors (Lipinski definition) is 7. The zero-order valence-corrected chi connectivity index (χ0v) is 25.4. The lowest BCUT2D eigenvalue weighted by Gasteiger charge is -2.35. The first-order chi connectivity index (χ1) is 19.6. The fraction of sp³-hybridized carbons (Fsp3) is 0.688. The average Bonchev–Trinajstić information content (AvgIpc) is 3.11. The van der Waals surface area contributed by atoms with Gasteiger partial charge in [0.05, 0.1) is 25.2 Å². The van der Waals surface area contributed by atoms with E-state index in [2.05, 4.69) is 24.1 Å².